The molecule has 0 aliphatic heterocycles. The summed E-state index contributed by atoms with van der Waals surface area (Å²) < 4.78 is 17.2. The normalized spacial score (nSPS) is 13.4. The van der Waals surface area contributed by atoms with Crippen molar-refractivity contribution in [1.29, 1.82) is 0 Å². The second-order valence-electron chi connectivity index (χ2n) is 17.3. The van der Waals surface area contributed by atoms with Gasteiger partial charge < -0.3 is 28.6 Å². The lowest BCUT2D eigenvalue weighted by atomic mass is 10.1. The zero-order chi connectivity index (χ0) is 44.2. The van der Waals surface area contributed by atoms with Gasteiger partial charge in [0, 0.05) is 19.3 Å². The fourth-order valence-corrected chi connectivity index (χ4v) is 6.88. The van der Waals surface area contributed by atoms with Crippen LogP contribution in [0, 0.1) is 0 Å². The van der Waals surface area contributed by atoms with Crippen LogP contribution in [0.2, 0.25) is 0 Å². The number of aliphatic carboxylic acids is 1. The maximum atomic E-state index is 12.8. The van der Waals surface area contributed by atoms with Gasteiger partial charge in [0.25, 0.3) is 0 Å². The minimum absolute atomic E-state index is 0.0334. The minimum Gasteiger partial charge on any atom is -0.544 e. The standard InChI is InChI=1S/C52H91NO7/c1-6-8-10-12-14-16-18-20-22-23-24-25-26-27-29-31-33-35-37-39-41-43-51(55)60-48(46-58-45-44-49(52(56)57)53(3,4)5)47-59-50(54)42-40-38-36-34-32-30-28-21-19-17-15-13-11-9-7-2/h8,10,14,16,20-22,24-25,28,48-49H,6-7,9,11-13,15,17-19,23,26-27,29-47H2,1-5H3/b10-8-,16-14-,22-20-,25-24-,28-21-. The van der Waals surface area contributed by atoms with Crippen LogP contribution in [0.4, 0.5) is 0 Å². The van der Waals surface area contributed by atoms with E-state index in [-0.39, 0.29) is 42.7 Å². The topological polar surface area (TPSA) is 102 Å². The van der Waals surface area contributed by atoms with Crippen LogP contribution in [0.15, 0.2) is 60.8 Å². The first-order chi connectivity index (χ1) is 29.1. The van der Waals surface area contributed by atoms with E-state index in [1.54, 1.807) is 21.1 Å². The Morgan fingerprint density at radius 1 is 0.517 bits per heavy atom. The Kier molecular flexibility index (Phi) is 40.6. The van der Waals surface area contributed by atoms with Crippen LogP contribution < -0.4 is 5.11 Å². The molecule has 0 amide bonds. The molecule has 0 N–H and O–H groups in total. The summed E-state index contributed by atoms with van der Waals surface area (Å²) in [5.74, 6) is -1.76. The minimum atomic E-state index is -1.13. The SMILES string of the molecule is CC/C=C\C/C=C\C/C=C\C/C=C\CCCCCCCCCCC(=O)OC(COCCC(C(=O)[O-])[N+](C)(C)C)COC(=O)CCCCCCC/C=C\CCCCCCCC. The first kappa shape index (κ1) is 57.0. The van der Waals surface area contributed by atoms with E-state index in [0.29, 0.717) is 12.8 Å². The van der Waals surface area contributed by atoms with Crippen molar-refractivity contribution in [3.63, 3.8) is 0 Å². The molecule has 0 aromatic heterocycles. The highest BCUT2D eigenvalue weighted by Crippen LogP contribution is 2.14. The highest BCUT2D eigenvalue weighted by atomic mass is 16.6. The van der Waals surface area contributed by atoms with Gasteiger partial charge in [-0.05, 0) is 77.0 Å². The maximum absolute atomic E-state index is 12.8. The van der Waals surface area contributed by atoms with E-state index in [0.717, 1.165) is 83.5 Å². The van der Waals surface area contributed by atoms with Gasteiger partial charge >= 0.3 is 11.9 Å². The van der Waals surface area contributed by atoms with E-state index in [4.69, 9.17) is 14.2 Å². The Balaban J connectivity index is 4.30. The smallest absolute Gasteiger partial charge is 0.306 e. The zero-order valence-corrected chi connectivity index (χ0v) is 39.4. The van der Waals surface area contributed by atoms with Gasteiger partial charge in [-0.1, -0.05) is 164 Å². The lowest BCUT2D eigenvalue weighted by Gasteiger charge is -2.34. The number of allylic oxidation sites excluding steroid dienone is 10. The molecule has 8 heteroatoms. The highest BCUT2D eigenvalue weighted by molar-refractivity contribution is 5.70. The maximum Gasteiger partial charge on any atom is 0.306 e. The molecule has 8 nitrogen and oxygen atoms in total. The van der Waals surface area contributed by atoms with Crippen LogP contribution in [-0.2, 0) is 28.6 Å². The number of hydrogen-bond donors (Lipinski definition) is 0. The van der Waals surface area contributed by atoms with Gasteiger partial charge in [-0.15, -0.1) is 0 Å². The average molecular weight is 842 g/mol. The van der Waals surface area contributed by atoms with Crippen molar-refractivity contribution >= 4 is 17.9 Å². The number of carbonyl (C=O) groups excluding carboxylic acids is 3. The number of likely N-dealkylation sites (N-methyl/N-ethyl adjacent to an activating group) is 1. The van der Waals surface area contributed by atoms with Gasteiger partial charge in [0.2, 0.25) is 0 Å². The van der Waals surface area contributed by atoms with Gasteiger partial charge in [-0.25, -0.2) is 0 Å². The number of carboxylic acid groups (broad SMARTS) is 1. The van der Waals surface area contributed by atoms with Crippen molar-refractivity contribution in [2.75, 3.05) is 41.0 Å². The number of hydrogen-bond acceptors (Lipinski definition) is 7. The summed E-state index contributed by atoms with van der Waals surface area (Å²) in [4.78, 5) is 37.0. The Labute approximate surface area is 368 Å². The Hall–Kier alpha value is -2.97. The predicted molar refractivity (Wildman–Crippen MR) is 249 cm³/mol. The molecule has 0 bridgehead atoms. The Morgan fingerprint density at radius 3 is 1.40 bits per heavy atom. The fourth-order valence-electron chi connectivity index (χ4n) is 6.88. The molecule has 2 unspecified atom stereocenters. The number of esters is 2. The lowest BCUT2D eigenvalue weighted by Crippen LogP contribution is -2.55. The number of carbonyl (C=O) groups is 3. The van der Waals surface area contributed by atoms with Crippen molar-refractivity contribution < 1.29 is 38.2 Å². The van der Waals surface area contributed by atoms with Crippen molar-refractivity contribution in [1.82, 2.24) is 0 Å². The summed E-state index contributed by atoms with van der Waals surface area (Å²) in [5.41, 5.74) is 0. The highest BCUT2D eigenvalue weighted by Gasteiger charge is 2.25. The van der Waals surface area contributed by atoms with Gasteiger partial charge in [0.05, 0.1) is 40.3 Å². The molecule has 2 atom stereocenters. The number of carboxylic acids is 1. The van der Waals surface area contributed by atoms with E-state index < -0.39 is 18.1 Å². The van der Waals surface area contributed by atoms with Crippen molar-refractivity contribution in [3.05, 3.63) is 60.8 Å². The molecule has 0 aliphatic rings. The summed E-state index contributed by atoms with van der Waals surface area (Å²) in [5, 5.41) is 11.6. The van der Waals surface area contributed by atoms with Crippen LogP contribution in [-0.4, -0.2) is 75.5 Å². The quantitative estimate of drug-likeness (QED) is 0.0261. The molecule has 0 saturated heterocycles. The van der Waals surface area contributed by atoms with Crippen molar-refractivity contribution in [3.8, 4) is 0 Å². The third kappa shape index (κ3) is 40.4. The number of rotatable bonds is 43. The molecule has 0 spiro atoms. The summed E-state index contributed by atoms with van der Waals surface area (Å²) in [6.45, 7) is 4.53. The summed E-state index contributed by atoms with van der Waals surface area (Å²) >= 11 is 0. The molecule has 0 aromatic rings. The lowest BCUT2D eigenvalue weighted by molar-refractivity contribution is -0.889. The van der Waals surface area contributed by atoms with Gasteiger partial charge in [-0.3, -0.25) is 9.59 Å². The fraction of sp³-hybridized carbons (Fsp3) is 0.750. The number of quaternary nitrogens is 1. The van der Waals surface area contributed by atoms with Crippen LogP contribution in [0.25, 0.3) is 0 Å². The Bertz CT molecular complexity index is 1170. The first-order valence-corrected chi connectivity index (χ1v) is 24.3. The molecule has 0 radical (unpaired) electrons. The second kappa shape index (κ2) is 42.7. The third-order valence-electron chi connectivity index (χ3n) is 10.6. The van der Waals surface area contributed by atoms with Crippen LogP contribution in [0.1, 0.15) is 200 Å². The van der Waals surface area contributed by atoms with E-state index in [1.165, 1.54) is 83.5 Å². The van der Waals surface area contributed by atoms with E-state index in [2.05, 4.69) is 74.6 Å². The van der Waals surface area contributed by atoms with E-state index in [1.807, 2.05) is 0 Å². The monoisotopic (exact) mass is 842 g/mol. The van der Waals surface area contributed by atoms with Crippen LogP contribution >= 0.6 is 0 Å². The molecule has 346 valence electrons. The molecular weight excluding hydrogens is 751 g/mol. The summed E-state index contributed by atoms with van der Waals surface area (Å²) in [6, 6.07) is -0.730. The van der Waals surface area contributed by atoms with Crippen LogP contribution in [0.3, 0.4) is 0 Å². The van der Waals surface area contributed by atoms with E-state index in [9.17, 15) is 19.5 Å². The molecule has 0 fully saturated rings. The van der Waals surface area contributed by atoms with Gasteiger partial charge in [-0.2, -0.15) is 0 Å². The molecule has 0 heterocycles. The Morgan fingerprint density at radius 2 is 0.933 bits per heavy atom. The van der Waals surface area contributed by atoms with Gasteiger partial charge in [0.15, 0.2) is 6.10 Å². The largest absolute Gasteiger partial charge is 0.544 e. The first-order valence-electron chi connectivity index (χ1n) is 24.3. The predicted octanol–water partition coefficient (Wildman–Crippen LogP) is 12.4. The zero-order valence-electron chi connectivity index (χ0n) is 39.4. The molecule has 0 rings (SSSR count). The molecular formula is C52H91NO7. The number of ether oxygens (including phenoxy) is 3. The third-order valence-corrected chi connectivity index (χ3v) is 10.6. The summed E-state index contributed by atoms with van der Waals surface area (Å²) in [7, 11) is 5.40. The summed E-state index contributed by atoms with van der Waals surface area (Å²) in [6.07, 6.45) is 52.4. The number of unbranched alkanes of at least 4 members (excludes halogenated alkanes) is 19. The molecule has 0 aliphatic carbocycles. The molecule has 0 saturated carbocycles. The van der Waals surface area contributed by atoms with Gasteiger partial charge in [0.1, 0.15) is 12.6 Å². The van der Waals surface area contributed by atoms with E-state index >= 15 is 0 Å². The molecule has 60 heavy (non-hydrogen) atoms. The second-order valence-corrected chi connectivity index (χ2v) is 17.3. The average Bonchev–Trinajstić information content (AvgIpc) is 3.21. The molecule has 0 aromatic carbocycles. The van der Waals surface area contributed by atoms with Crippen LogP contribution in [0.5, 0.6) is 0 Å². The number of nitrogens with zero attached hydrogens (tertiary/aromatic N) is 1. The van der Waals surface area contributed by atoms with Crippen molar-refractivity contribution in [2.45, 2.75) is 212 Å². The van der Waals surface area contributed by atoms with Crippen molar-refractivity contribution in [2.24, 2.45) is 0 Å².